The third-order valence-corrected chi connectivity index (χ3v) is 2.71. The lowest BCUT2D eigenvalue weighted by Crippen LogP contribution is -2.09. The molecule has 0 aliphatic heterocycles. The van der Waals surface area contributed by atoms with Gasteiger partial charge in [0.15, 0.2) is 5.78 Å². The van der Waals surface area contributed by atoms with E-state index in [4.69, 9.17) is 9.47 Å². The van der Waals surface area contributed by atoms with Crippen molar-refractivity contribution in [3.05, 3.63) is 29.8 Å². The lowest BCUT2D eigenvalue weighted by atomic mass is 10.0. The zero-order valence-electron chi connectivity index (χ0n) is 11.6. The van der Waals surface area contributed by atoms with Crippen molar-refractivity contribution in [3.63, 3.8) is 0 Å². The molecule has 0 aliphatic rings. The van der Waals surface area contributed by atoms with Crippen LogP contribution in [0.25, 0.3) is 0 Å². The third-order valence-electron chi connectivity index (χ3n) is 2.71. The summed E-state index contributed by atoms with van der Waals surface area (Å²) in [4.78, 5) is 12.0. The molecule has 1 unspecified atom stereocenters. The van der Waals surface area contributed by atoms with E-state index in [2.05, 4.69) is 0 Å². The first-order valence-corrected chi connectivity index (χ1v) is 6.35. The number of Topliss-reactive ketones (excluding diaryl/α,β-unsaturated/α-hetero) is 1. The first-order valence-electron chi connectivity index (χ1n) is 6.35. The zero-order chi connectivity index (χ0) is 13.5. The maximum absolute atomic E-state index is 12.0. The van der Waals surface area contributed by atoms with Crippen LogP contribution in [0.5, 0.6) is 5.75 Å². The number of rotatable bonds is 7. The SMILES string of the molecule is COC(C)CCC(=O)c1cccc(OC(C)C)c1. The molecule has 0 bridgehead atoms. The van der Waals surface area contributed by atoms with Gasteiger partial charge >= 0.3 is 0 Å². The Labute approximate surface area is 109 Å². The molecule has 0 saturated carbocycles. The maximum atomic E-state index is 12.0. The monoisotopic (exact) mass is 250 g/mol. The number of ether oxygens (including phenoxy) is 2. The maximum Gasteiger partial charge on any atom is 0.163 e. The molecule has 0 radical (unpaired) electrons. The Hall–Kier alpha value is -1.35. The molecule has 0 spiro atoms. The van der Waals surface area contributed by atoms with Crippen LogP contribution in [0.3, 0.4) is 0 Å². The van der Waals surface area contributed by atoms with Crippen molar-refractivity contribution < 1.29 is 14.3 Å². The van der Waals surface area contributed by atoms with Crippen LogP contribution in [0.15, 0.2) is 24.3 Å². The number of methoxy groups -OCH3 is 1. The van der Waals surface area contributed by atoms with E-state index in [9.17, 15) is 4.79 Å². The Kier molecular flexibility index (Phi) is 5.86. The number of benzene rings is 1. The first-order chi connectivity index (χ1) is 8.52. The number of hydrogen-bond acceptors (Lipinski definition) is 3. The average molecular weight is 250 g/mol. The van der Waals surface area contributed by atoms with Gasteiger partial charge in [0.25, 0.3) is 0 Å². The van der Waals surface area contributed by atoms with E-state index in [0.29, 0.717) is 12.0 Å². The zero-order valence-corrected chi connectivity index (χ0v) is 11.6. The van der Waals surface area contributed by atoms with Crippen molar-refractivity contribution in [2.24, 2.45) is 0 Å². The molecule has 100 valence electrons. The molecule has 1 atom stereocenters. The fourth-order valence-corrected chi connectivity index (χ4v) is 1.61. The minimum Gasteiger partial charge on any atom is -0.491 e. The van der Waals surface area contributed by atoms with Crippen molar-refractivity contribution in [2.75, 3.05) is 7.11 Å². The van der Waals surface area contributed by atoms with Gasteiger partial charge in [0.05, 0.1) is 12.2 Å². The van der Waals surface area contributed by atoms with E-state index in [-0.39, 0.29) is 18.0 Å². The summed E-state index contributed by atoms with van der Waals surface area (Å²) in [6.07, 6.45) is 1.47. The minimum atomic E-state index is 0.115. The van der Waals surface area contributed by atoms with Crippen LogP contribution >= 0.6 is 0 Å². The second kappa shape index (κ2) is 7.17. The lowest BCUT2D eigenvalue weighted by Gasteiger charge is -2.11. The normalized spacial score (nSPS) is 12.5. The quantitative estimate of drug-likeness (QED) is 0.695. The standard InChI is InChI=1S/C15H22O3/c1-11(2)18-14-7-5-6-13(10-14)15(16)9-8-12(3)17-4/h5-7,10-12H,8-9H2,1-4H3. The van der Waals surface area contributed by atoms with Gasteiger partial charge in [-0.2, -0.15) is 0 Å². The molecule has 1 rings (SSSR count). The second-order valence-electron chi connectivity index (χ2n) is 4.70. The fraction of sp³-hybridized carbons (Fsp3) is 0.533. The van der Waals surface area contributed by atoms with Crippen molar-refractivity contribution >= 4 is 5.78 Å². The van der Waals surface area contributed by atoms with Gasteiger partial charge in [-0.25, -0.2) is 0 Å². The highest BCUT2D eigenvalue weighted by molar-refractivity contribution is 5.96. The molecule has 0 amide bonds. The van der Waals surface area contributed by atoms with Crippen LogP contribution in [0.1, 0.15) is 44.0 Å². The molecule has 0 heterocycles. The Bertz CT molecular complexity index is 385. The van der Waals surface area contributed by atoms with Gasteiger partial charge in [0.2, 0.25) is 0 Å². The predicted molar refractivity (Wildman–Crippen MR) is 72.2 cm³/mol. The summed E-state index contributed by atoms with van der Waals surface area (Å²) in [6.45, 7) is 5.90. The van der Waals surface area contributed by atoms with E-state index in [1.54, 1.807) is 13.2 Å². The number of carbonyl (C=O) groups is 1. The molecule has 1 aromatic rings. The smallest absolute Gasteiger partial charge is 0.163 e. The average Bonchev–Trinajstić information content (AvgIpc) is 2.35. The summed E-state index contributed by atoms with van der Waals surface area (Å²) in [5.74, 6) is 0.878. The Morgan fingerprint density at radius 3 is 2.61 bits per heavy atom. The van der Waals surface area contributed by atoms with Crippen molar-refractivity contribution in [1.29, 1.82) is 0 Å². The molecule has 18 heavy (non-hydrogen) atoms. The highest BCUT2D eigenvalue weighted by Crippen LogP contribution is 2.17. The molecule has 3 heteroatoms. The minimum absolute atomic E-state index is 0.115. The number of hydrogen-bond donors (Lipinski definition) is 0. The van der Waals surface area contributed by atoms with Gasteiger partial charge in [0, 0.05) is 19.1 Å². The van der Waals surface area contributed by atoms with Crippen molar-refractivity contribution in [3.8, 4) is 5.75 Å². The highest BCUT2D eigenvalue weighted by atomic mass is 16.5. The van der Waals surface area contributed by atoms with Crippen LogP contribution < -0.4 is 4.74 Å². The van der Waals surface area contributed by atoms with Gasteiger partial charge in [-0.05, 0) is 39.3 Å². The Morgan fingerprint density at radius 1 is 1.28 bits per heavy atom. The van der Waals surface area contributed by atoms with Crippen LogP contribution in [0.4, 0.5) is 0 Å². The molecule has 0 fully saturated rings. The summed E-state index contributed by atoms with van der Waals surface area (Å²) in [6, 6.07) is 7.35. The highest BCUT2D eigenvalue weighted by Gasteiger charge is 2.09. The molecule has 0 saturated heterocycles. The summed E-state index contributed by atoms with van der Waals surface area (Å²) < 4.78 is 10.7. The third kappa shape index (κ3) is 4.88. The topological polar surface area (TPSA) is 35.5 Å². The van der Waals surface area contributed by atoms with Gasteiger partial charge < -0.3 is 9.47 Å². The molecule has 0 aliphatic carbocycles. The van der Waals surface area contributed by atoms with E-state index in [1.165, 1.54) is 0 Å². The molecular weight excluding hydrogens is 228 g/mol. The Balaban J connectivity index is 2.62. The first kappa shape index (κ1) is 14.7. The van der Waals surface area contributed by atoms with Gasteiger partial charge in [0.1, 0.15) is 5.75 Å². The molecule has 0 N–H and O–H groups in total. The van der Waals surface area contributed by atoms with E-state index >= 15 is 0 Å². The number of ketones is 1. The van der Waals surface area contributed by atoms with E-state index in [1.807, 2.05) is 39.0 Å². The van der Waals surface area contributed by atoms with Crippen molar-refractivity contribution in [1.82, 2.24) is 0 Å². The van der Waals surface area contributed by atoms with E-state index in [0.717, 1.165) is 12.2 Å². The molecule has 1 aromatic carbocycles. The summed E-state index contributed by atoms with van der Waals surface area (Å²) in [7, 11) is 1.66. The molecule has 0 aromatic heterocycles. The predicted octanol–water partition coefficient (Wildman–Crippen LogP) is 3.47. The summed E-state index contributed by atoms with van der Waals surface area (Å²) in [5.41, 5.74) is 0.705. The second-order valence-corrected chi connectivity index (χ2v) is 4.70. The van der Waals surface area contributed by atoms with Crippen LogP contribution in [-0.2, 0) is 4.74 Å². The molecule has 3 nitrogen and oxygen atoms in total. The van der Waals surface area contributed by atoms with Gasteiger partial charge in [-0.1, -0.05) is 12.1 Å². The Morgan fingerprint density at radius 2 is 2.00 bits per heavy atom. The van der Waals surface area contributed by atoms with Gasteiger partial charge in [-0.3, -0.25) is 4.79 Å². The van der Waals surface area contributed by atoms with Crippen LogP contribution in [0.2, 0.25) is 0 Å². The summed E-state index contributed by atoms with van der Waals surface area (Å²) in [5, 5.41) is 0. The molecular formula is C15H22O3. The van der Waals surface area contributed by atoms with Gasteiger partial charge in [-0.15, -0.1) is 0 Å². The van der Waals surface area contributed by atoms with Crippen LogP contribution in [0, 0.1) is 0 Å². The lowest BCUT2D eigenvalue weighted by molar-refractivity contribution is 0.0877. The van der Waals surface area contributed by atoms with E-state index < -0.39 is 0 Å². The van der Waals surface area contributed by atoms with Crippen LogP contribution in [-0.4, -0.2) is 25.1 Å². The largest absolute Gasteiger partial charge is 0.491 e. The summed E-state index contributed by atoms with van der Waals surface area (Å²) >= 11 is 0. The van der Waals surface area contributed by atoms with Crippen molar-refractivity contribution in [2.45, 2.75) is 45.8 Å². The number of carbonyl (C=O) groups excluding carboxylic acids is 1. The fourth-order valence-electron chi connectivity index (χ4n) is 1.61.